The molecule has 0 spiro atoms. The molecule has 0 atom stereocenters. The van der Waals surface area contributed by atoms with Crippen molar-refractivity contribution in [3.63, 3.8) is 0 Å². The highest BCUT2D eigenvalue weighted by molar-refractivity contribution is 7.89. The van der Waals surface area contributed by atoms with E-state index in [1.165, 1.54) is 13.1 Å². The van der Waals surface area contributed by atoms with Crippen molar-refractivity contribution >= 4 is 27.6 Å². The maximum Gasteiger partial charge on any atom is 0.341 e. The molecule has 94 valence electrons. The third-order valence-electron chi connectivity index (χ3n) is 1.68. The van der Waals surface area contributed by atoms with Gasteiger partial charge in [-0.3, -0.25) is 0 Å². The van der Waals surface area contributed by atoms with E-state index in [0.29, 0.717) is 0 Å². The minimum Gasteiger partial charge on any atom is -0.479 e. The lowest BCUT2D eigenvalue weighted by atomic mass is 10.4. The number of rotatable bonds is 5. The largest absolute Gasteiger partial charge is 0.479 e. The van der Waals surface area contributed by atoms with Crippen LogP contribution < -0.4 is 9.46 Å². The van der Waals surface area contributed by atoms with Crippen LogP contribution in [0.3, 0.4) is 0 Å². The molecule has 1 heterocycles. The zero-order valence-electron chi connectivity index (χ0n) is 8.68. The Morgan fingerprint density at radius 1 is 1.59 bits per heavy atom. The van der Waals surface area contributed by atoms with Crippen molar-refractivity contribution in [2.24, 2.45) is 0 Å². The van der Waals surface area contributed by atoms with Gasteiger partial charge in [0.15, 0.2) is 22.5 Å². The van der Waals surface area contributed by atoms with Crippen LogP contribution in [-0.4, -0.2) is 38.1 Å². The summed E-state index contributed by atoms with van der Waals surface area (Å²) in [5.74, 6) is -1.17. The van der Waals surface area contributed by atoms with E-state index in [4.69, 9.17) is 21.4 Å². The van der Waals surface area contributed by atoms with Crippen LogP contribution in [0, 0.1) is 0 Å². The van der Waals surface area contributed by atoms with E-state index in [1.807, 2.05) is 0 Å². The van der Waals surface area contributed by atoms with E-state index in [-0.39, 0.29) is 15.9 Å². The normalized spacial score (nSPS) is 11.2. The molecule has 0 bridgehead atoms. The Morgan fingerprint density at radius 3 is 2.71 bits per heavy atom. The first-order chi connectivity index (χ1) is 7.86. The summed E-state index contributed by atoms with van der Waals surface area (Å²) in [4.78, 5) is 13.9. The molecule has 17 heavy (non-hydrogen) atoms. The summed E-state index contributed by atoms with van der Waals surface area (Å²) in [6, 6.07) is 2.40. The lowest BCUT2D eigenvalue weighted by Crippen LogP contribution is -2.20. The third-order valence-corrected chi connectivity index (χ3v) is 3.27. The first kappa shape index (κ1) is 13.7. The summed E-state index contributed by atoms with van der Waals surface area (Å²) in [6.45, 7) is -0.584. The van der Waals surface area contributed by atoms with Crippen LogP contribution >= 0.6 is 11.6 Å². The number of hydrogen-bond acceptors (Lipinski definition) is 5. The number of carboxylic acid groups (broad SMARTS) is 1. The Hall–Kier alpha value is -1.38. The predicted octanol–water partition coefficient (Wildman–Crippen LogP) is 0.106. The summed E-state index contributed by atoms with van der Waals surface area (Å²) in [5, 5.41) is 7.90. The van der Waals surface area contributed by atoms with Crippen LogP contribution in [0.15, 0.2) is 17.2 Å². The summed E-state index contributed by atoms with van der Waals surface area (Å²) >= 11 is 5.65. The quantitative estimate of drug-likeness (QED) is 0.742. The van der Waals surface area contributed by atoms with Crippen molar-refractivity contribution < 1.29 is 23.1 Å². The highest BCUT2D eigenvalue weighted by Crippen LogP contribution is 2.23. The van der Waals surface area contributed by atoms with Gasteiger partial charge in [-0.15, -0.1) is 0 Å². The summed E-state index contributed by atoms with van der Waals surface area (Å²) in [7, 11) is -2.45. The van der Waals surface area contributed by atoms with Gasteiger partial charge in [-0.2, -0.15) is 0 Å². The molecule has 0 saturated heterocycles. The number of aliphatic carboxylic acids is 1. The van der Waals surface area contributed by atoms with Crippen molar-refractivity contribution in [3.8, 4) is 5.75 Å². The molecular formula is C8H9ClN2O5S. The maximum atomic E-state index is 11.4. The second-order valence-corrected chi connectivity index (χ2v) is 5.02. The SMILES string of the molecule is CNS(=O)(=O)c1ccc(OCC(=O)O)c(Cl)n1. The number of hydrogen-bond donors (Lipinski definition) is 2. The Labute approximate surface area is 102 Å². The summed E-state index contributed by atoms with van der Waals surface area (Å²) in [5.41, 5.74) is 0. The smallest absolute Gasteiger partial charge is 0.341 e. The van der Waals surface area contributed by atoms with E-state index >= 15 is 0 Å². The van der Waals surface area contributed by atoms with Gasteiger partial charge in [0, 0.05) is 0 Å². The molecule has 7 nitrogen and oxygen atoms in total. The second kappa shape index (κ2) is 5.30. The number of pyridine rings is 1. The fraction of sp³-hybridized carbons (Fsp3) is 0.250. The minimum atomic E-state index is -3.69. The van der Waals surface area contributed by atoms with E-state index in [0.717, 1.165) is 6.07 Å². The van der Waals surface area contributed by atoms with Crippen molar-refractivity contribution in [2.75, 3.05) is 13.7 Å². The number of nitrogens with zero attached hydrogens (tertiary/aromatic N) is 1. The van der Waals surface area contributed by atoms with Gasteiger partial charge < -0.3 is 9.84 Å². The van der Waals surface area contributed by atoms with Gasteiger partial charge in [-0.05, 0) is 19.2 Å². The maximum absolute atomic E-state index is 11.4. The molecule has 0 aromatic carbocycles. The lowest BCUT2D eigenvalue weighted by Gasteiger charge is -2.06. The molecule has 2 N–H and O–H groups in total. The monoisotopic (exact) mass is 280 g/mol. The fourth-order valence-corrected chi connectivity index (χ4v) is 1.83. The second-order valence-electron chi connectivity index (χ2n) is 2.83. The van der Waals surface area contributed by atoms with Crippen LogP contribution in [0.2, 0.25) is 5.15 Å². The molecule has 0 aliphatic carbocycles. The van der Waals surface area contributed by atoms with Gasteiger partial charge in [0.1, 0.15) is 0 Å². The van der Waals surface area contributed by atoms with Gasteiger partial charge in [-0.1, -0.05) is 11.6 Å². The fourth-order valence-electron chi connectivity index (χ4n) is 0.906. The molecule has 1 rings (SSSR count). The summed E-state index contributed by atoms with van der Waals surface area (Å²) < 4.78 is 29.6. The number of sulfonamides is 1. The number of halogens is 1. The molecule has 0 amide bonds. The number of nitrogens with one attached hydrogen (secondary N) is 1. The number of ether oxygens (including phenoxy) is 1. The van der Waals surface area contributed by atoms with Crippen LogP contribution in [0.5, 0.6) is 5.75 Å². The van der Waals surface area contributed by atoms with Crippen LogP contribution in [0.1, 0.15) is 0 Å². The average molecular weight is 281 g/mol. The summed E-state index contributed by atoms with van der Waals surface area (Å²) in [6.07, 6.45) is 0. The zero-order chi connectivity index (χ0) is 13.1. The molecule has 9 heteroatoms. The van der Waals surface area contributed by atoms with Gasteiger partial charge in [0.05, 0.1) is 0 Å². The molecule has 0 fully saturated rings. The van der Waals surface area contributed by atoms with Crippen LogP contribution in [-0.2, 0) is 14.8 Å². The van der Waals surface area contributed by atoms with Crippen molar-refractivity contribution in [1.82, 2.24) is 9.71 Å². The minimum absolute atomic E-state index is 0.00381. The molecular weight excluding hydrogens is 272 g/mol. The lowest BCUT2D eigenvalue weighted by molar-refractivity contribution is -0.139. The van der Waals surface area contributed by atoms with E-state index < -0.39 is 22.6 Å². The molecule has 0 unspecified atom stereocenters. The first-order valence-electron chi connectivity index (χ1n) is 4.31. The van der Waals surface area contributed by atoms with Gasteiger partial charge in [0.25, 0.3) is 10.0 Å². The molecule has 1 aromatic heterocycles. The van der Waals surface area contributed by atoms with Crippen molar-refractivity contribution in [2.45, 2.75) is 5.03 Å². The molecule has 0 aliphatic rings. The van der Waals surface area contributed by atoms with Crippen molar-refractivity contribution in [3.05, 3.63) is 17.3 Å². The number of carbonyl (C=O) groups is 1. The van der Waals surface area contributed by atoms with E-state index in [2.05, 4.69) is 9.71 Å². The molecule has 0 saturated carbocycles. The third kappa shape index (κ3) is 3.55. The Balaban J connectivity index is 2.98. The topological polar surface area (TPSA) is 106 Å². The Morgan fingerprint density at radius 2 is 2.24 bits per heavy atom. The Kier molecular flexibility index (Phi) is 4.27. The number of carboxylic acids is 1. The Bertz CT molecular complexity index is 531. The molecule has 0 radical (unpaired) electrons. The van der Waals surface area contributed by atoms with Crippen molar-refractivity contribution in [1.29, 1.82) is 0 Å². The van der Waals surface area contributed by atoms with E-state index in [1.54, 1.807) is 0 Å². The van der Waals surface area contributed by atoms with Crippen LogP contribution in [0.4, 0.5) is 0 Å². The average Bonchev–Trinajstić information content (AvgIpc) is 2.27. The number of aromatic nitrogens is 1. The zero-order valence-corrected chi connectivity index (χ0v) is 10.2. The highest BCUT2D eigenvalue weighted by atomic mass is 35.5. The van der Waals surface area contributed by atoms with Gasteiger partial charge in [0.2, 0.25) is 0 Å². The van der Waals surface area contributed by atoms with Gasteiger partial charge >= 0.3 is 5.97 Å². The van der Waals surface area contributed by atoms with E-state index in [9.17, 15) is 13.2 Å². The molecule has 1 aromatic rings. The molecule has 0 aliphatic heterocycles. The predicted molar refractivity (Wildman–Crippen MR) is 58.6 cm³/mol. The van der Waals surface area contributed by atoms with Gasteiger partial charge in [-0.25, -0.2) is 22.9 Å². The first-order valence-corrected chi connectivity index (χ1v) is 6.17. The highest BCUT2D eigenvalue weighted by Gasteiger charge is 2.16. The standard InChI is InChI=1S/C8H9ClN2O5S/c1-10-17(14,15)6-3-2-5(8(9)11-6)16-4-7(12)13/h2-3,10H,4H2,1H3,(H,12,13). The van der Waals surface area contributed by atoms with Crippen LogP contribution in [0.25, 0.3) is 0 Å².